The van der Waals surface area contributed by atoms with Crippen molar-refractivity contribution in [3.63, 3.8) is 0 Å². The predicted molar refractivity (Wildman–Crippen MR) is 66.8 cm³/mol. The van der Waals surface area contributed by atoms with Crippen molar-refractivity contribution in [1.29, 1.82) is 0 Å². The maximum atomic E-state index is 11.2. The van der Waals surface area contributed by atoms with E-state index in [1.165, 1.54) is 45.6 Å². The van der Waals surface area contributed by atoms with Crippen LogP contribution in [0.1, 0.15) is 38.5 Å². The normalized spacial score (nSPS) is 33.6. The number of hydrogen-bond donors (Lipinski definition) is 2. The fourth-order valence-corrected chi connectivity index (χ4v) is 3.25. The highest BCUT2D eigenvalue weighted by atomic mass is 16.5. The Kier molecular flexibility index (Phi) is 4.80. The second kappa shape index (κ2) is 6.36. The number of rotatable bonds is 4. The molecule has 98 valence electrons. The Morgan fingerprint density at radius 3 is 2.88 bits per heavy atom. The lowest BCUT2D eigenvalue weighted by Gasteiger charge is -2.33. The van der Waals surface area contributed by atoms with Gasteiger partial charge >= 0.3 is 5.97 Å². The molecule has 1 saturated carbocycles. The van der Waals surface area contributed by atoms with Crippen LogP contribution in [0, 0.1) is 5.92 Å². The summed E-state index contributed by atoms with van der Waals surface area (Å²) in [6.07, 6.45) is 7.71. The Balaban J connectivity index is 1.81. The molecule has 0 aromatic heterocycles. The molecule has 1 aliphatic carbocycles. The van der Waals surface area contributed by atoms with E-state index >= 15 is 0 Å². The summed E-state index contributed by atoms with van der Waals surface area (Å²) in [5.74, 6) is 0.534. The van der Waals surface area contributed by atoms with Gasteiger partial charge in [-0.1, -0.05) is 12.8 Å². The zero-order chi connectivity index (χ0) is 12.1. The lowest BCUT2D eigenvalue weighted by atomic mass is 9.88. The van der Waals surface area contributed by atoms with Gasteiger partial charge < -0.3 is 15.4 Å². The lowest BCUT2D eigenvalue weighted by molar-refractivity contribution is -0.139. The SMILES string of the molecule is COC(=O)CNC1CCCC1C1CCCCN1. The number of piperidine rings is 1. The van der Waals surface area contributed by atoms with Gasteiger partial charge in [-0.2, -0.15) is 0 Å². The fourth-order valence-electron chi connectivity index (χ4n) is 3.25. The van der Waals surface area contributed by atoms with E-state index in [1.807, 2.05) is 0 Å². The van der Waals surface area contributed by atoms with Crippen LogP contribution in [0.5, 0.6) is 0 Å². The molecule has 0 spiro atoms. The van der Waals surface area contributed by atoms with E-state index in [4.69, 9.17) is 0 Å². The van der Waals surface area contributed by atoms with Crippen LogP contribution in [0.25, 0.3) is 0 Å². The quantitative estimate of drug-likeness (QED) is 0.722. The molecule has 17 heavy (non-hydrogen) atoms. The second-order valence-corrected chi connectivity index (χ2v) is 5.21. The molecule has 3 atom stereocenters. The zero-order valence-electron chi connectivity index (χ0n) is 10.7. The first-order valence-electron chi connectivity index (χ1n) is 6.85. The van der Waals surface area contributed by atoms with Crippen molar-refractivity contribution < 1.29 is 9.53 Å². The number of ether oxygens (including phenoxy) is 1. The summed E-state index contributed by atoms with van der Waals surface area (Å²) in [6, 6.07) is 1.14. The van der Waals surface area contributed by atoms with Gasteiger partial charge in [0.25, 0.3) is 0 Å². The van der Waals surface area contributed by atoms with Gasteiger partial charge in [-0.15, -0.1) is 0 Å². The van der Waals surface area contributed by atoms with Gasteiger partial charge in [0.1, 0.15) is 0 Å². The third-order valence-electron chi connectivity index (χ3n) is 4.17. The smallest absolute Gasteiger partial charge is 0.319 e. The molecule has 3 unspecified atom stereocenters. The minimum Gasteiger partial charge on any atom is -0.468 e. The molecular weight excluding hydrogens is 216 g/mol. The minimum absolute atomic E-state index is 0.160. The zero-order valence-corrected chi connectivity index (χ0v) is 10.7. The van der Waals surface area contributed by atoms with E-state index < -0.39 is 0 Å². The summed E-state index contributed by atoms with van der Waals surface area (Å²) in [7, 11) is 1.44. The van der Waals surface area contributed by atoms with E-state index in [9.17, 15) is 4.79 Å². The van der Waals surface area contributed by atoms with Crippen molar-refractivity contribution in [1.82, 2.24) is 10.6 Å². The number of carbonyl (C=O) groups excluding carboxylic acids is 1. The maximum Gasteiger partial charge on any atom is 0.319 e. The third kappa shape index (κ3) is 3.42. The van der Waals surface area contributed by atoms with E-state index in [-0.39, 0.29) is 5.97 Å². The van der Waals surface area contributed by atoms with Crippen molar-refractivity contribution in [3.8, 4) is 0 Å². The van der Waals surface area contributed by atoms with Crippen molar-refractivity contribution in [3.05, 3.63) is 0 Å². The lowest BCUT2D eigenvalue weighted by Crippen LogP contribution is -2.47. The van der Waals surface area contributed by atoms with Crippen LogP contribution in [-0.4, -0.2) is 38.3 Å². The molecule has 2 rings (SSSR count). The van der Waals surface area contributed by atoms with E-state index in [2.05, 4.69) is 15.4 Å². The number of hydrogen-bond acceptors (Lipinski definition) is 4. The maximum absolute atomic E-state index is 11.2. The van der Waals surface area contributed by atoms with Crippen molar-refractivity contribution >= 4 is 5.97 Å². The van der Waals surface area contributed by atoms with Crippen molar-refractivity contribution in [2.75, 3.05) is 20.2 Å². The first-order valence-corrected chi connectivity index (χ1v) is 6.85. The number of nitrogens with one attached hydrogen (secondary N) is 2. The van der Waals surface area contributed by atoms with Crippen LogP contribution in [0.15, 0.2) is 0 Å². The highest BCUT2D eigenvalue weighted by molar-refractivity contribution is 5.71. The highest BCUT2D eigenvalue weighted by Crippen LogP contribution is 2.31. The first kappa shape index (κ1) is 12.8. The average Bonchev–Trinajstić information content (AvgIpc) is 2.85. The second-order valence-electron chi connectivity index (χ2n) is 5.21. The van der Waals surface area contributed by atoms with Gasteiger partial charge in [0.2, 0.25) is 0 Å². The van der Waals surface area contributed by atoms with Gasteiger partial charge in [-0.05, 0) is 38.1 Å². The van der Waals surface area contributed by atoms with Crippen molar-refractivity contribution in [2.24, 2.45) is 5.92 Å². The molecule has 2 aliphatic rings. The molecule has 0 amide bonds. The monoisotopic (exact) mass is 240 g/mol. The Hall–Kier alpha value is -0.610. The molecule has 1 heterocycles. The topological polar surface area (TPSA) is 50.4 Å². The van der Waals surface area contributed by atoms with Crippen LogP contribution in [0.2, 0.25) is 0 Å². The summed E-state index contributed by atoms with van der Waals surface area (Å²) in [5.41, 5.74) is 0. The van der Waals surface area contributed by atoms with Gasteiger partial charge in [0.05, 0.1) is 13.7 Å². The molecule has 0 aromatic rings. The third-order valence-corrected chi connectivity index (χ3v) is 4.17. The number of esters is 1. The molecular formula is C13H24N2O2. The summed E-state index contributed by atoms with van der Waals surface area (Å²) in [5, 5.41) is 7.00. The van der Waals surface area contributed by atoms with Gasteiger partial charge in [-0.25, -0.2) is 0 Å². The average molecular weight is 240 g/mol. The molecule has 2 fully saturated rings. The molecule has 4 heteroatoms. The summed E-state index contributed by atoms with van der Waals surface area (Å²) >= 11 is 0. The summed E-state index contributed by atoms with van der Waals surface area (Å²) < 4.78 is 4.67. The Bertz CT molecular complexity index is 252. The van der Waals surface area contributed by atoms with E-state index in [1.54, 1.807) is 0 Å². The standard InChI is InChI=1S/C13H24N2O2/c1-17-13(16)9-15-12-7-4-5-10(12)11-6-2-3-8-14-11/h10-12,14-15H,2-9H2,1H3. The fraction of sp³-hybridized carbons (Fsp3) is 0.923. The Morgan fingerprint density at radius 1 is 1.29 bits per heavy atom. The van der Waals surface area contributed by atoms with Crippen LogP contribution in [0.4, 0.5) is 0 Å². The minimum atomic E-state index is -0.160. The largest absolute Gasteiger partial charge is 0.468 e. The predicted octanol–water partition coefficient (Wildman–Crippen LogP) is 1.06. The summed E-state index contributed by atoms with van der Waals surface area (Å²) in [6.45, 7) is 1.51. The Morgan fingerprint density at radius 2 is 2.18 bits per heavy atom. The van der Waals surface area contributed by atoms with Crippen LogP contribution in [0.3, 0.4) is 0 Å². The molecule has 2 N–H and O–H groups in total. The molecule has 0 radical (unpaired) electrons. The van der Waals surface area contributed by atoms with Gasteiger partial charge in [-0.3, -0.25) is 4.79 Å². The van der Waals surface area contributed by atoms with Crippen LogP contribution >= 0.6 is 0 Å². The molecule has 0 aromatic carbocycles. The van der Waals surface area contributed by atoms with Gasteiger partial charge in [0, 0.05) is 12.1 Å². The first-order chi connectivity index (χ1) is 8.31. The van der Waals surface area contributed by atoms with Crippen molar-refractivity contribution in [2.45, 2.75) is 50.6 Å². The molecule has 1 saturated heterocycles. The van der Waals surface area contributed by atoms with Crippen LogP contribution < -0.4 is 10.6 Å². The van der Waals surface area contributed by atoms with E-state index in [0.717, 1.165) is 6.54 Å². The van der Waals surface area contributed by atoms with Gasteiger partial charge in [0.15, 0.2) is 0 Å². The molecule has 1 aliphatic heterocycles. The van der Waals surface area contributed by atoms with Crippen LogP contribution in [-0.2, 0) is 9.53 Å². The number of methoxy groups -OCH3 is 1. The highest BCUT2D eigenvalue weighted by Gasteiger charge is 2.34. The molecule has 0 bridgehead atoms. The van der Waals surface area contributed by atoms with E-state index in [0.29, 0.717) is 24.5 Å². The summed E-state index contributed by atoms with van der Waals surface area (Å²) in [4.78, 5) is 11.2. The molecule has 4 nitrogen and oxygen atoms in total. The Labute approximate surface area is 103 Å². The number of carbonyl (C=O) groups is 1.